The summed E-state index contributed by atoms with van der Waals surface area (Å²) in [7, 11) is 0. The number of hydrogen-bond acceptors (Lipinski definition) is 2. The Hall–Kier alpha value is -0.920. The average Bonchev–Trinajstić information content (AvgIpc) is 2.29. The van der Waals surface area contributed by atoms with Crippen LogP contribution < -0.4 is 0 Å². The van der Waals surface area contributed by atoms with Gasteiger partial charge in [0.05, 0.1) is 0 Å². The van der Waals surface area contributed by atoms with Gasteiger partial charge in [-0.1, -0.05) is 34.1 Å². The highest BCUT2D eigenvalue weighted by Gasteiger charge is 2.26. The van der Waals surface area contributed by atoms with Crippen LogP contribution in [0.4, 0.5) is 0 Å². The van der Waals surface area contributed by atoms with Gasteiger partial charge in [0.2, 0.25) is 0 Å². The smallest absolute Gasteiger partial charge is 0.134 e. The highest BCUT2D eigenvalue weighted by Crippen LogP contribution is 2.29. The van der Waals surface area contributed by atoms with E-state index in [-0.39, 0.29) is 5.41 Å². The van der Waals surface area contributed by atoms with E-state index in [1.165, 1.54) is 12.0 Å². The molecule has 0 amide bonds. The van der Waals surface area contributed by atoms with E-state index in [9.17, 15) is 0 Å². The van der Waals surface area contributed by atoms with E-state index in [1.54, 1.807) is 0 Å². The third-order valence-corrected chi connectivity index (χ3v) is 3.24. The molecule has 0 radical (unpaired) electrons. The largest absolute Gasteiger partial charge is 0.241 e. The highest BCUT2D eigenvalue weighted by atomic mass is 14.9. The van der Waals surface area contributed by atoms with Gasteiger partial charge in [-0.3, -0.25) is 0 Å². The summed E-state index contributed by atoms with van der Waals surface area (Å²) in [6.07, 6.45) is 8.39. The Morgan fingerprint density at radius 3 is 2.13 bits per heavy atom. The van der Waals surface area contributed by atoms with E-state index < -0.39 is 0 Å². The zero-order valence-corrected chi connectivity index (χ0v) is 10.4. The van der Waals surface area contributed by atoms with E-state index in [1.807, 2.05) is 12.4 Å². The second kappa shape index (κ2) is 5.24. The van der Waals surface area contributed by atoms with Crippen molar-refractivity contribution in [2.45, 2.75) is 58.8 Å². The lowest BCUT2D eigenvalue weighted by atomic mass is 9.82. The van der Waals surface area contributed by atoms with Crippen molar-refractivity contribution in [3.8, 4) is 0 Å². The Balaban J connectivity index is 2.92. The molecule has 1 heterocycles. The monoisotopic (exact) mass is 206 g/mol. The summed E-state index contributed by atoms with van der Waals surface area (Å²) in [5.74, 6) is 1.00. The summed E-state index contributed by atoms with van der Waals surface area (Å²) < 4.78 is 0. The van der Waals surface area contributed by atoms with Crippen molar-refractivity contribution in [2.24, 2.45) is 0 Å². The lowest BCUT2D eigenvalue weighted by Crippen LogP contribution is -2.23. The van der Waals surface area contributed by atoms with Crippen molar-refractivity contribution in [3.05, 3.63) is 23.8 Å². The fraction of sp³-hybridized carbons (Fsp3) is 0.692. The van der Waals surface area contributed by atoms with Gasteiger partial charge >= 0.3 is 0 Å². The molecular weight excluding hydrogens is 184 g/mol. The summed E-state index contributed by atoms with van der Waals surface area (Å²) in [5, 5.41) is 0. The molecule has 0 aliphatic heterocycles. The number of nitrogens with zero attached hydrogens (tertiary/aromatic N) is 2. The van der Waals surface area contributed by atoms with E-state index in [4.69, 9.17) is 0 Å². The van der Waals surface area contributed by atoms with Gasteiger partial charge in [-0.2, -0.15) is 0 Å². The molecule has 1 rings (SSSR count). The second-order valence-electron chi connectivity index (χ2n) is 4.43. The Morgan fingerprint density at radius 2 is 1.73 bits per heavy atom. The molecule has 2 heteroatoms. The first-order chi connectivity index (χ1) is 7.16. The average molecular weight is 206 g/mol. The maximum atomic E-state index is 4.50. The summed E-state index contributed by atoms with van der Waals surface area (Å²) in [6.45, 7) is 8.82. The van der Waals surface area contributed by atoms with Crippen molar-refractivity contribution in [3.63, 3.8) is 0 Å². The minimum Gasteiger partial charge on any atom is -0.241 e. The van der Waals surface area contributed by atoms with Crippen LogP contribution in [-0.2, 0) is 11.8 Å². The Morgan fingerprint density at radius 1 is 1.13 bits per heavy atom. The summed E-state index contributed by atoms with van der Waals surface area (Å²) in [5.41, 5.74) is 1.37. The number of rotatable bonds is 5. The molecule has 1 unspecified atom stereocenters. The first-order valence-electron chi connectivity index (χ1n) is 5.97. The standard InChI is InChI=1S/C13H22N2/c1-5-8-13(4,7-3)12-14-9-11(6-2)10-15-12/h9-10H,5-8H2,1-4H3. The van der Waals surface area contributed by atoms with Crippen LogP contribution in [0.25, 0.3) is 0 Å². The van der Waals surface area contributed by atoms with Crippen molar-refractivity contribution < 1.29 is 0 Å². The van der Waals surface area contributed by atoms with E-state index in [0.717, 1.165) is 25.1 Å². The molecule has 0 saturated heterocycles. The third-order valence-electron chi connectivity index (χ3n) is 3.24. The van der Waals surface area contributed by atoms with Crippen molar-refractivity contribution in [2.75, 3.05) is 0 Å². The number of aromatic nitrogens is 2. The molecule has 2 nitrogen and oxygen atoms in total. The van der Waals surface area contributed by atoms with Crippen LogP contribution in [0.5, 0.6) is 0 Å². The summed E-state index contributed by atoms with van der Waals surface area (Å²) in [4.78, 5) is 9.00. The fourth-order valence-corrected chi connectivity index (χ4v) is 1.85. The zero-order valence-electron chi connectivity index (χ0n) is 10.4. The molecule has 0 aromatic carbocycles. The lowest BCUT2D eigenvalue weighted by molar-refractivity contribution is 0.389. The topological polar surface area (TPSA) is 25.8 Å². The van der Waals surface area contributed by atoms with Crippen molar-refractivity contribution in [1.82, 2.24) is 9.97 Å². The van der Waals surface area contributed by atoms with Gasteiger partial charge in [0.25, 0.3) is 0 Å². The molecule has 1 aromatic heterocycles. The minimum atomic E-state index is 0.154. The van der Waals surface area contributed by atoms with Crippen LogP contribution in [0.1, 0.15) is 58.3 Å². The quantitative estimate of drug-likeness (QED) is 0.736. The second-order valence-corrected chi connectivity index (χ2v) is 4.43. The maximum absolute atomic E-state index is 4.50. The van der Waals surface area contributed by atoms with Gasteiger partial charge < -0.3 is 0 Å². The van der Waals surface area contributed by atoms with E-state index in [0.29, 0.717) is 0 Å². The molecule has 84 valence electrons. The van der Waals surface area contributed by atoms with Gasteiger partial charge in [0, 0.05) is 17.8 Å². The van der Waals surface area contributed by atoms with Crippen molar-refractivity contribution >= 4 is 0 Å². The molecule has 15 heavy (non-hydrogen) atoms. The molecule has 1 aromatic rings. The molecule has 0 fully saturated rings. The van der Waals surface area contributed by atoms with Crippen LogP contribution in [-0.4, -0.2) is 9.97 Å². The molecule has 0 aliphatic carbocycles. The predicted molar refractivity (Wildman–Crippen MR) is 64.0 cm³/mol. The van der Waals surface area contributed by atoms with Gasteiger partial charge in [-0.25, -0.2) is 9.97 Å². The summed E-state index contributed by atoms with van der Waals surface area (Å²) >= 11 is 0. The van der Waals surface area contributed by atoms with Gasteiger partial charge in [-0.05, 0) is 24.8 Å². The number of hydrogen-bond donors (Lipinski definition) is 0. The predicted octanol–water partition coefficient (Wildman–Crippen LogP) is 3.51. The van der Waals surface area contributed by atoms with Crippen LogP contribution in [0.3, 0.4) is 0 Å². The first kappa shape index (κ1) is 12.2. The minimum absolute atomic E-state index is 0.154. The van der Waals surface area contributed by atoms with Gasteiger partial charge in [-0.15, -0.1) is 0 Å². The molecular formula is C13H22N2. The van der Waals surface area contributed by atoms with E-state index >= 15 is 0 Å². The fourth-order valence-electron chi connectivity index (χ4n) is 1.85. The normalized spacial score (nSPS) is 14.9. The van der Waals surface area contributed by atoms with Crippen LogP contribution in [0.15, 0.2) is 12.4 Å². The van der Waals surface area contributed by atoms with Gasteiger partial charge in [0.15, 0.2) is 0 Å². The molecule has 0 bridgehead atoms. The molecule has 0 spiro atoms. The SMILES string of the molecule is CCCC(C)(CC)c1ncc(CC)cn1. The highest BCUT2D eigenvalue weighted by molar-refractivity contribution is 5.11. The Bertz CT molecular complexity index is 292. The molecule has 0 N–H and O–H groups in total. The summed E-state index contributed by atoms with van der Waals surface area (Å²) in [6, 6.07) is 0. The maximum Gasteiger partial charge on any atom is 0.134 e. The van der Waals surface area contributed by atoms with Crippen LogP contribution in [0, 0.1) is 0 Å². The van der Waals surface area contributed by atoms with Crippen LogP contribution >= 0.6 is 0 Å². The zero-order chi connectivity index (χ0) is 11.3. The van der Waals surface area contributed by atoms with E-state index in [2.05, 4.69) is 37.7 Å². The van der Waals surface area contributed by atoms with Crippen molar-refractivity contribution in [1.29, 1.82) is 0 Å². The Labute approximate surface area is 93.2 Å². The first-order valence-corrected chi connectivity index (χ1v) is 5.97. The third kappa shape index (κ3) is 2.77. The number of aryl methyl sites for hydroxylation is 1. The molecule has 0 saturated carbocycles. The molecule has 1 atom stereocenters. The lowest BCUT2D eigenvalue weighted by Gasteiger charge is -2.25. The molecule has 0 aliphatic rings. The van der Waals surface area contributed by atoms with Gasteiger partial charge in [0.1, 0.15) is 5.82 Å². The van der Waals surface area contributed by atoms with Crippen LogP contribution in [0.2, 0.25) is 0 Å². The Kier molecular flexibility index (Phi) is 4.25.